The van der Waals surface area contributed by atoms with E-state index in [0.717, 1.165) is 0 Å². The van der Waals surface area contributed by atoms with Gasteiger partial charge in [0.25, 0.3) is 0 Å². The molecule has 0 amide bonds. The molecular formula is C2N2NiRb. The molecule has 6 heavy (non-hydrogen) atoms. The van der Waals surface area contributed by atoms with Crippen LogP contribution in [-0.2, 0) is 16.5 Å². The Kier molecular flexibility index (Phi) is 476. The Balaban J connectivity index is -0.00000000500. The Morgan fingerprint density at radius 3 is 0.833 bits per heavy atom. The molecular weight excluding hydrogens is 196 g/mol. The van der Waals surface area contributed by atoms with Crippen molar-refractivity contribution in [1.29, 1.82) is 10.5 Å². The minimum Gasteiger partial charge on any atom is -0.512 e. The van der Waals surface area contributed by atoms with Gasteiger partial charge in [-0.2, -0.15) is 0 Å². The Morgan fingerprint density at radius 2 is 0.833 bits per heavy atom. The van der Waals surface area contributed by atoms with Crippen molar-refractivity contribution in [1.82, 2.24) is 0 Å². The number of hydrogen-bond acceptors (Lipinski definition) is 2. The normalized spacial score (nSPS) is 0.667. The molecule has 0 rings (SSSR count). The summed E-state index contributed by atoms with van der Waals surface area (Å²) in [4.78, 5) is 0. The molecule has 2 nitrogen and oxygen atoms in total. The SMILES string of the molecule is [C-]#N.[C-]#N.[Ni+2].[Rb]. The van der Waals surface area contributed by atoms with E-state index in [0.29, 0.717) is 0 Å². The quantitative estimate of drug-likeness (QED) is 0.398. The molecule has 0 unspecified atom stereocenters. The second-order valence-electron chi connectivity index (χ2n) is 0. The topological polar surface area (TPSA) is 47.6 Å². The van der Waals surface area contributed by atoms with E-state index in [2.05, 4.69) is 0 Å². The van der Waals surface area contributed by atoms with Gasteiger partial charge in [-0.25, -0.2) is 0 Å². The summed E-state index contributed by atoms with van der Waals surface area (Å²) in [6.45, 7) is 9.50. The fourth-order valence-corrected chi connectivity index (χ4v) is 0. The van der Waals surface area contributed by atoms with Crippen LogP contribution < -0.4 is 0 Å². The maximum Gasteiger partial charge on any atom is 2.00 e. The molecule has 0 aliphatic carbocycles. The van der Waals surface area contributed by atoms with Gasteiger partial charge in [0.15, 0.2) is 0 Å². The van der Waals surface area contributed by atoms with Crippen molar-refractivity contribution in [3.63, 3.8) is 0 Å². The van der Waals surface area contributed by atoms with Gasteiger partial charge in [-0.15, -0.1) is 0 Å². The van der Waals surface area contributed by atoms with Crippen molar-refractivity contribution in [2.75, 3.05) is 0 Å². The molecule has 0 saturated heterocycles. The van der Waals surface area contributed by atoms with Crippen LogP contribution in [0.1, 0.15) is 0 Å². The summed E-state index contributed by atoms with van der Waals surface area (Å²) < 4.78 is 0. The third kappa shape index (κ3) is 59.1. The predicted molar refractivity (Wildman–Crippen MR) is 15.7 cm³/mol. The number of rotatable bonds is 0. The molecule has 1 radical (unpaired) electrons. The summed E-state index contributed by atoms with van der Waals surface area (Å²) >= 11 is 0. The van der Waals surface area contributed by atoms with Crippen molar-refractivity contribution >= 4 is 58.2 Å². The van der Waals surface area contributed by atoms with E-state index in [1.807, 2.05) is 0 Å². The maximum absolute atomic E-state index is 6.25. The maximum atomic E-state index is 6.25. The van der Waals surface area contributed by atoms with Crippen LogP contribution in [0.2, 0.25) is 0 Å². The second kappa shape index (κ2) is 107. The first-order valence-corrected chi connectivity index (χ1v) is 0.447. The Hall–Kier alpha value is 1.28. The zero-order valence-electron chi connectivity index (χ0n) is 3.21. The summed E-state index contributed by atoms with van der Waals surface area (Å²) in [5.74, 6) is 0. The third-order valence-corrected chi connectivity index (χ3v) is 0. The minimum atomic E-state index is 0. The molecule has 0 N–H and O–H groups in total. The van der Waals surface area contributed by atoms with Crippen LogP contribution in [0, 0.1) is 23.7 Å². The standard InChI is InChI=1S/2CN.Ni.Rb/c2*1-2;;/q2*-1;+2;. The van der Waals surface area contributed by atoms with Gasteiger partial charge in [-0.05, 0) is 0 Å². The minimum absolute atomic E-state index is 0. The molecule has 0 aromatic rings. The van der Waals surface area contributed by atoms with E-state index in [1.54, 1.807) is 0 Å². The van der Waals surface area contributed by atoms with Crippen LogP contribution in [0.4, 0.5) is 0 Å². The van der Waals surface area contributed by atoms with Crippen LogP contribution in [0.25, 0.3) is 0 Å². The van der Waals surface area contributed by atoms with E-state index < -0.39 is 0 Å². The van der Waals surface area contributed by atoms with Gasteiger partial charge in [-0.1, -0.05) is 0 Å². The fourth-order valence-electron chi connectivity index (χ4n) is 0. The van der Waals surface area contributed by atoms with Crippen molar-refractivity contribution in [3.05, 3.63) is 13.1 Å². The van der Waals surface area contributed by atoms with Gasteiger partial charge in [0.2, 0.25) is 0 Å². The smallest absolute Gasteiger partial charge is 0.512 e. The van der Waals surface area contributed by atoms with Crippen molar-refractivity contribution in [2.24, 2.45) is 0 Å². The van der Waals surface area contributed by atoms with E-state index in [4.69, 9.17) is 23.7 Å². The fraction of sp³-hybridized carbons (Fsp3) is 0. The molecule has 0 spiro atoms. The summed E-state index contributed by atoms with van der Waals surface area (Å²) in [5, 5.41) is 12.5. The third-order valence-electron chi connectivity index (χ3n) is 0. The van der Waals surface area contributed by atoms with Crippen LogP contribution in [0.5, 0.6) is 0 Å². The van der Waals surface area contributed by atoms with Gasteiger partial charge in [0, 0.05) is 58.2 Å². The molecule has 0 fully saturated rings. The number of nitrogens with zero attached hydrogens (tertiary/aromatic N) is 2. The van der Waals surface area contributed by atoms with Gasteiger partial charge < -0.3 is 23.7 Å². The van der Waals surface area contributed by atoms with Crippen LogP contribution in [0.15, 0.2) is 0 Å². The van der Waals surface area contributed by atoms with Gasteiger partial charge in [0.1, 0.15) is 0 Å². The summed E-state index contributed by atoms with van der Waals surface area (Å²) in [6, 6.07) is 0. The molecule has 0 aliphatic heterocycles. The molecule has 0 aromatic heterocycles. The molecule has 0 atom stereocenters. The summed E-state index contributed by atoms with van der Waals surface area (Å²) in [5.41, 5.74) is 0. The zero-order valence-corrected chi connectivity index (χ0v) is 9.11. The van der Waals surface area contributed by atoms with Crippen LogP contribution >= 0.6 is 0 Å². The van der Waals surface area contributed by atoms with E-state index in [-0.39, 0.29) is 74.7 Å². The second-order valence-corrected chi connectivity index (χ2v) is 0. The average Bonchev–Trinajstić information content (AvgIpc) is 1.50. The van der Waals surface area contributed by atoms with E-state index in [1.165, 1.54) is 0 Å². The molecule has 0 aromatic carbocycles. The van der Waals surface area contributed by atoms with Crippen LogP contribution in [0.3, 0.4) is 0 Å². The van der Waals surface area contributed by atoms with E-state index in [9.17, 15) is 0 Å². The summed E-state index contributed by atoms with van der Waals surface area (Å²) in [7, 11) is 0. The average molecular weight is 196 g/mol. The molecule has 0 aliphatic rings. The van der Waals surface area contributed by atoms with Crippen molar-refractivity contribution < 1.29 is 16.5 Å². The van der Waals surface area contributed by atoms with Crippen molar-refractivity contribution in [2.45, 2.75) is 0 Å². The summed E-state index contributed by atoms with van der Waals surface area (Å²) in [6.07, 6.45) is 0. The Bertz CT molecular complexity index is 27.0. The van der Waals surface area contributed by atoms with Crippen LogP contribution in [-0.4, -0.2) is 58.2 Å². The first-order chi connectivity index (χ1) is 2.00. The first kappa shape index (κ1) is 26.7. The van der Waals surface area contributed by atoms with Gasteiger partial charge >= 0.3 is 16.5 Å². The zero-order chi connectivity index (χ0) is 4.00. The molecule has 0 bridgehead atoms. The Morgan fingerprint density at radius 1 is 0.833 bits per heavy atom. The van der Waals surface area contributed by atoms with Gasteiger partial charge in [0.05, 0.1) is 0 Å². The largest absolute Gasteiger partial charge is 2.00 e. The predicted octanol–water partition coefficient (Wildman–Crippen LogP) is -0.191. The molecule has 0 heterocycles. The first-order valence-electron chi connectivity index (χ1n) is 0.447. The molecule has 4 heteroatoms. The molecule has 29 valence electrons. The van der Waals surface area contributed by atoms with E-state index >= 15 is 0 Å². The van der Waals surface area contributed by atoms with Gasteiger partial charge in [-0.3, -0.25) is 0 Å². The molecule has 0 saturated carbocycles. The van der Waals surface area contributed by atoms with Crippen molar-refractivity contribution in [3.8, 4) is 0 Å². The number of hydrogen-bond donors (Lipinski definition) is 0. The monoisotopic (exact) mass is 195 g/mol. The Labute approximate surface area is 96.2 Å².